The average Bonchev–Trinajstić information content (AvgIpc) is 2.52. The Balaban J connectivity index is 1.97. The van der Waals surface area contributed by atoms with Crippen LogP contribution >= 0.6 is 0 Å². The monoisotopic (exact) mass is 316 g/mol. The molecular formula is C19H28N2O2. The van der Waals surface area contributed by atoms with Gasteiger partial charge in [-0.05, 0) is 44.2 Å². The summed E-state index contributed by atoms with van der Waals surface area (Å²) in [6.07, 6.45) is 2.06. The van der Waals surface area contributed by atoms with Gasteiger partial charge < -0.3 is 10.2 Å². The molecule has 0 spiro atoms. The minimum atomic E-state index is 0.00605. The molecule has 23 heavy (non-hydrogen) atoms. The number of nitrogens with zero attached hydrogens (tertiary/aromatic N) is 1. The van der Waals surface area contributed by atoms with Crippen LogP contribution in [0.4, 0.5) is 0 Å². The number of benzene rings is 1. The molecule has 1 atom stereocenters. The molecule has 4 nitrogen and oxygen atoms in total. The fourth-order valence-corrected chi connectivity index (χ4v) is 3.09. The summed E-state index contributed by atoms with van der Waals surface area (Å²) >= 11 is 0. The lowest BCUT2D eigenvalue weighted by Gasteiger charge is -2.33. The molecule has 1 aliphatic rings. The van der Waals surface area contributed by atoms with Gasteiger partial charge in [0.25, 0.3) is 5.91 Å². The van der Waals surface area contributed by atoms with E-state index in [4.69, 9.17) is 0 Å². The zero-order valence-electron chi connectivity index (χ0n) is 14.7. The van der Waals surface area contributed by atoms with Gasteiger partial charge in [0.05, 0.1) is 0 Å². The van der Waals surface area contributed by atoms with Gasteiger partial charge in [-0.1, -0.05) is 31.5 Å². The summed E-state index contributed by atoms with van der Waals surface area (Å²) in [5, 5.41) is 2.99. The topological polar surface area (TPSA) is 49.4 Å². The third-order valence-electron chi connectivity index (χ3n) is 4.51. The minimum absolute atomic E-state index is 0.00605. The van der Waals surface area contributed by atoms with Crippen molar-refractivity contribution in [1.29, 1.82) is 0 Å². The van der Waals surface area contributed by atoms with E-state index >= 15 is 0 Å². The summed E-state index contributed by atoms with van der Waals surface area (Å²) < 4.78 is 0. The summed E-state index contributed by atoms with van der Waals surface area (Å²) in [6.45, 7) is 10.0. The highest BCUT2D eigenvalue weighted by atomic mass is 16.2. The van der Waals surface area contributed by atoms with Crippen LogP contribution in [-0.2, 0) is 4.79 Å². The first-order chi connectivity index (χ1) is 10.9. The number of carbonyl (C=O) groups excluding carboxylic acids is 2. The van der Waals surface area contributed by atoms with E-state index in [9.17, 15) is 9.59 Å². The van der Waals surface area contributed by atoms with Gasteiger partial charge in [-0.3, -0.25) is 9.59 Å². The van der Waals surface area contributed by atoms with Crippen molar-refractivity contribution in [2.45, 2.75) is 40.5 Å². The SMILES string of the molecule is Cc1ccc(C(=O)N2CCC[C@H](CNC(=O)C(C)C)C2)c(C)c1. The second-order valence-electron chi connectivity index (χ2n) is 6.98. The molecule has 1 saturated heterocycles. The summed E-state index contributed by atoms with van der Waals surface area (Å²) in [4.78, 5) is 26.4. The van der Waals surface area contributed by atoms with Gasteiger partial charge in [-0.25, -0.2) is 0 Å². The molecule has 1 aromatic carbocycles. The summed E-state index contributed by atoms with van der Waals surface area (Å²) in [5.74, 6) is 0.554. The van der Waals surface area contributed by atoms with E-state index in [1.54, 1.807) is 0 Å². The van der Waals surface area contributed by atoms with Crippen molar-refractivity contribution in [3.8, 4) is 0 Å². The molecule has 126 valence electrons. The van der Waals surface area contributed by atoms with Gasteiger partial charge in [-0.2, -0.15) is 0 Å². The highest BCUT2D eigenvalue weighted by Gasteiger charge is 2.25. The van der Waals surface area contributed by atoms with Crippen LogP contribution in [0.25, 0.3) is 0 Å². The van der Waals surface area contributed by atoms with E-state index < -0.39 is 0 Å². The predicted molar refractivity (Wildman–Crippen MR) is 92.4 cm³/mol. The number of nitrogens with one attached hydrogen (secondary N) is 1. The molecule has 2 rings (SSSR count). The van der Waals surface area contributed by atoms with E-state index in [2.05, 4.69) is 11.4 Å². The zero-order chi connectivity index (χ0) is 17.0. The molecule has 1 N–H and O–H groups in total. The molecule has 1 fully saturated rings. The largest absolute Gasteiger partial charge is 0.356 e. The second-order valence-corrected chi connectivity index (χ2v) is 6.98. The van der Waals surface area contributed by atoms with Crippen LogP contribution in [0.1, 0.15) is 48.2 Å². The van der Waals surface area contributed by atoms with Crippen molar-refractivity contribution in [3.63, 3.8) is 0 Å². The Morgan fingerprint density at radius 1 is 1.30 bits per heavy atom. The Kier molecular flexibility index (Phi) is 5.80. The van der Waals surface area contributed by atoms with Crippen LogP contribution in [0.5, 0.6) is 0 Å². The molecule has 2 amide bonds. The number of likely N-dealkylation sites (tertiary alicyclic amines) is 1. The van der Waals surface area contributed by atoms with Crippen LogP contribution in [0.2, 0.25) is 0 Å². The average molecular weight is 316 g/mol. The Bertz CT molecular complexity index is 581. The Morgan fingerprint density at radius 3 is 2.70 bits per heavy atom. The van der Waals surface area contributed by atoms with Gasteiger partial charge >= 0.3 is 0 Å². The lowest BCUT2D eigenvalue weighted by molar-refractivity contribution is -0.124. The zero-order valence-corrected chi connectivity index (χ0v) is 14.7. The number of hydrogen-bond acceptors (Lipinski definition) is 2. The van der Waals surface area contributed by atoms with E-state index in [1.807, 2.05) is 44.7 Å². The van der Waals surface area contributed by atoms with Gasteiger partial charge in [-0.15, -0.1) is 0 Å². The summed E-state index contributed by atoms with van der Waals surface area (Å²) in [6, 6.07) is 5.97. The molecule has 1 aromatic rings. The summed E-state index contributed by atoms with van der Waals surface area (Å²) in [5.41, 5.74) is 3.00. The second kappa shape index (κ2) is 7.62. The molecule has 0 unspecified atom stereocenters. The van der Waals surface area contributed by atoms with Gasteiger partial charge in [0, 0.05) is 31.1 Å². The lowest BCUT2D eigenvalue weighted by atomic mass is 9.96. The van der Waals surface area contributed by atoms with E-state index in [0.717, 1.165) is 37.1 Å². The van der Waals surface area contributed by atoms with Crippen molar-refractivity contribution in [1.82, 2.24) is 10.2 Å². The predicted octanol–water partition coefficient (Wildman–Crippen LogP) is 2.93. The van der Waals surface area contributed by atoms with Crippen LogP contribution < -0.4 is 5.32 Å². The molecule has 0 radical (unpaired) electrons. The van der Waals surface area contributed by atoms with Crippen LogP contribution in [-0.4, -0.2) is 36.3 Å². The molecule has 4 heteroatoms. The smallest absolute Gasteiger partial charge is 0.254 e. The highest BCUT2D eigenvalue weighted by molar-refractivity contribution is 5.95. The van der Waals surface area contributed by atoms with Gasteiger partial charge in [0.15, 0.2) is 0 Å². The first-order valence-corrected chi connectivity index (χ1v) is 8.52. The molecule has 0 saturated carbocycles. The highest BCUT2D eigenvalue weighted by Crippen LogP contribution is 2.20. The van der Waals surface area contributed by atoms with Crippen molar-refractivity contribution in [2.24, 2.45) is 11.8 Å². The van der Waals surface area contributed by atoms with Crippen molar-refractivity contribution >= 4 is 11.8 Å². The fraction of sp³-hybridized carbons (Fsp3) is 0.579. The third kappa shape index (κ3) is 4.57. The van der Waals surface area contributed by atoms with Gasteiger partial charge in [0.1, 0.15) is 0 Å². The molecular weight excluding hydrogens is 288 g/mol. The number of aryl methyl sites for hydroxylation is 2. The Hall–Kier alpha value is -1.84. The first-order valence-electron chi connectivity index (χ1n) is 8.52. The Labute approximate surface area is 139 Å². The molecule has 0 bridgehead atoms. The maximum Gasteiger partial charge on any atom is 0.254 e. The molecule has 0 aliphatic carbocycles. The number of rotatable bonds is 4. The lowest BCUT2D eigenvalue weighted by Crippen LogP contribution is -2.44. The van der Waals surface area contributed by atoms with E-state index in [1.165, 1.54) is 5.56 Å². The quantitative estimate of drug-likeness (QED) is 0.928. The minimum Gasteiger partial charge on any atom is -0.356 e. The fourth-order valence-electron chi connectivity index (χ4n) is 3.09. The van der Waals surface area contributed by atoms with Crippen LogP contribution in [0.15, 0.2) is 18.2 Å². The molecule has 1 aliphatic heterocycles. The number of amides is 2. The normalized spacial score (nSPS) is 18.1. The van der Waals surface area contributed by atoms with Gasteiger partial charge in [0.2, 0.25) is 5.91 Å². The standard InChI is InChI=1S/C19H28N2O2/c1-13(2)18(22)20-11-16-6-5-9-21(12-16)19(23)17-8-7-14(3)10-15(17)4/h7-8,10,13,16H,5-6,9,11-12H2,1-4H3,(H,20,22)/t16-/m1/s1. The number of hydrogen-bond donors (Lipinski definition) is 1. The van der Waals surface area contributed by atoms with Crippen molar-refractivity contribution in [2.75, 3.05) is 19.6 Å². The van der Waals surface area contributed by atoms with Crippen LogP contribution in [0.3, 0.4) is 0 Å². The maximum absolute atomic E-state index is 12.8. The third-order valence-corrected chi connectivity index (χ3v) is 4.51. The van der Waals surface area contributed by atoms with Crippen molar-refractivity contribution < 1.29 is 9.59 Å². The first kappa shape index (κ1) is 17.5. The van der Waals surface area contributed by atoms with Crippen molar-refractivity contribution in [3.05, 3.63) is 34.9 Å². The number of carbonyl (C=O) groups is 2. The number of piperidine rings is 1. The Morgan fingerprint density at radius 2 is 2.04 bits per heavy atom. The van der Waals surface area contributed by atoms with E-state index in [-0.39, 0.29) is 17.7 Å². The molecule has 1 heterocycles. The van der Waals surface area contributed by atoms with Crippen LogP contribution in [0, 0.1) is 25.7 Å². The maximum atomic E-state index is 12.8. The van der Waals surface area contributed by atoms with E-state index in [0.29, 0.717) is 12.5 Å². The molecule has 0 aromatic heterocycles. The summed E-state index contributed by atoms with van der Waals surface area (Å²) in [7, 11) is 0.